The molecule has 4 rings (SSSR count). The van der Waals surface area contributed by atoms with Crippen LogP contribution < -0.4 is 5.32 Å². The summed E-state index contributed by atoms with van der Waals surface area (Å²) in [6.07, 6.45) is 4.06. The van der Waals surface area contributed by atoms with Gasteiger partial charge in [-0.2, -0.15) is 0 Å². The fourth-order valence-corrected chi connectivity index (χ4v) is 6.06. The molecule has 1 heterocycles. The minimum Gasteiger partial charge on any atom is -0.481 e. The maximum atomic E-state index is 11.1. The lowest BCUT2D eigenvalue weighted by atomic mass is 9.63. The Morgan fingerprint density at radius 2 is 1.74 bits per heavy atom. The van der Waals surface area contributed by atoms with Crippen LogP contribution >= 0.6 is 0 Å². The number of carboxylic acid groups (broad SMARTS) is 1. The number of carbonyl (C=O) groups is 1. The first kappa shape index (κ1) is 24.3. The van der Waals surface area contributed by atoms with Crippen molar-refractivity contribution in [1.82, 2.24) is 9.55 Å². The van der Waals surface area contributed by atoms with Gasteiger partial charge in [0.2, 0.25) is 5.95 Å². The number of benzene rings is 2. The molecule has 1 fully saturated rings. The molecule has 2 aromatic carbocycles. The van der Waals surface area contributed by atoms with Crippen molar-refractivity contribution in [3.8, 4) is 0 Å². The molecule has 5 heteroatoms. The second kappa shape index (κ2) is 9.09. The van der Waals surface area contributed by atoms with E-state index in [4.69, 9.17) is 10.1 Å². The van der Waals surface area contributed by atoms with Gasteiger partial charge in [0, 0.05) is 18.2 Å². The molecule has 0 bridgehead atoms. The smallest absolute Gasteiger partial charge is 0.303 e. The topological polar surface area (TPSA) is 67.2 Å². The van der Waals surface area contributed by atoms with Crippen LogP contribution in [0.5, 0.6) is 0 Å². The minimum absolute atomic E-state index is 0.129. The Morgan fingerprint density at radius 3 is 2.32 bits per heavy atom. The van der Waals surface area contributed by atoms with E-state index >= 15 is 0 Å². The first-order valence-electron chi connectivity index (χ1n) is 12.5. The van der Waals surface area contributed by atoms with Crippen molar-refractivity contribution in [3.63, 3.8) is 0 Å². The van der Waals surface area contributed by atoms with Crippen LogP contribution in [-0.4, -0.2) is 20.6 Å². The molecule has 1 aliphatic carbocycles. The SMILES string of the molecule is CC(C)c1ccc(Nc2nc3cc(CCC(=O)O)ccc3n2C2CC(C)(C)CC(C)(C)C2)cc1. The van der Waals surface area contributed by atoms with Crippen molar-refractivity contribution in [2.24, 2.45) is 10.8 Å². The average Bonchev–Trinajstić information content (AvgIpc) is 3.07. The Labute approximate surface area is 203 Å². The highest BCUT2D eigenvalue weighted by molar-refractivity contribution is 5.81. The molecule has 0 radical (unpaired) electrons. The predicted molar refractivity (Wildman–Crippen MR) is 140 cm³/mol. The maximum absolute atomic E-state index is 11.1. The number of hydrogen-bond acceptors (Lipinski definition) is 3. The molecule has 1 saturated carbocycles. The summed E-state index contributed by atoms with van der Waals surface area (Å²) in [7, 11) is 0. The lowest BCUT2D eigenvalue weighted by Crippen LogP contribution is -2.35. The Hall–Kier alpha value is -2.82. The molecule has 0 atom stereocenters. The lowest BCUT2D eigenvalue weighted by Gasteiger charge is -2.45. The van der Waals surface area contributed by atoms with Crippen LogP contribution in [0.2, 0.25) is 0 Å². The van der Waals surface area contributed by atoms with E-state index in [-0.39, 0.29) is 17.3 Å². The monoisotopic (exact) mass is 461 g/mol. The Bertz CT molecular complexity index is 1160. The molecule has 0 unspecified atom stereocenters. The summed E-state index contributed by atoms with van der Waals surface area (Å²) in [6, 6.07) is 15.2. The van der Waals surface area contributed by atoms with Gasteiger partial charge in [-0.15, -0.1) is 0 Å². The molecule has 0 spiro atoms. The van der Waals surface area contributed by atoms with Gasteiger partial charge in [-0.3, -0.25) is 4.79 Å². The number of nitrogens with one attached hydrogen (secondary N) is 1. The van der Waals surface area contributed by atoms with Crippen molar-refractivity contribution in [1.29, 1.82) is 0 Å². The van der Waals surface area contributed by atoms with Crippen molar-refractivity contribution in [3.05, 3.63) is 53.6 Å². The molecule has 1 aliphatic rings. The molecule has 5 nitrogen and oxygen atoms in total. The third-order valence-corrected chi connectivity index (χ3v) is 7.11. The number of aryl methyl sites for hydroxylation is 1. The Morgan fingerprint density at radius 1 is 1.09 bits per heavy atom. The standard InChI is InChI=1S/C29H39N3O2/c1-19(2)21-9-11-22(12-10-21)30-27-31-24-15-20(8-14-26(33)34)7-13-25(24)32(27)23-16-28(3,4)18-29(5,6)17-23/h7,9-13,15,19,23H,8,14,16-18H2,1-6H3,(H,30,31)(H,33,34). The average molecular weight is 462 g/mol. The normalized spacial score (nSPS) is 17.9. The van der Waals surface area contributed by atoms with Gasteiger partial charge < -0.3 is 15.0 Å². The van der Waals surface area contributed by atoms with Crippen LogP contribution in [-0.2, 0) is 11.2 Å². The summed E-state index contributed by atoms with van der Waals surface area (Å²) in [5, 5.41) is 12.7. The van der Waals surface area contributed by atoms with Gasteiger partial charge in [0.1, 0.15) is 0 Å². The van der Waals surface area contributed by atoms with E-state index in [2.05, 4.69) is 93.9 Å². The molecule has 34 heavy (non-hydrogen) atoms. The lowest BCUT2D eigenvalue weighted by molar-refractivity contribution is -0.136. The van der Waals surface area contributed by atoms with Crippen LogP contribution in [0, 0.1) is 10.8 Å². The molecule has 3 aromatic rings. The van der Waals surface area contributed by atoms with E-state index in [0.29, 0.717) is 18.4 Å². The van der Waals surface area contributed by atoms with Crippen molar-refractivity contribution in [2.45, 2.75) is 85.6 Å². The minimum atomic E-state index is -0.774. The number of carboxylic acids is 1. The van der Waals surface area contributed by atoms with Crippen molar-refractivity contribution >= 4 is 28.6 Å². The summed E-state index contributed by atoms with van der Waals surface area (Å²) in [4.78, 5) is 16.1. The predicted octanol–water partition coefficient (Wildman–Crippen LogP) is 7.70. The summed E-state index contributed by atoms with van der Waals surface area (Å²) in [6.45, 7) is 13.9. The first-order chi connectivity index (χ1) is 15.9. The van der Waals surface area contributed by atoms with E-state index in [9.17, 15) is 4.79 Å². The van der Waals surface area contributed by atoms with Crippen LogP contribution in [0.3, 0.4) is 0 Å². The van der Waals surface area contributed by atoms with Gasteiger partial charge in [-0.1, -0.05) is 59.7 Å². The summed E-state index contributed by atoms with van der Waals surface area (Å²) in [5.41, 5.74) is 5.89. The molecule has 0 aliphatic heterocycles. The molecule has 0 amide bonds. The third-order valence-electron chi connectivity index (χ3n) is 7.11. The van der Waals surface area contributed by atoms with E-state index in [1.54, 1.807) is 0 Å². The second-order valence-corrected chi connectivity index (χ2v) is 12.0. The number of fused-ring (bicyclic) bond motifs is 1. The van der Waals surface area contributed by atoms with Gasteiger partial charge >= 0.3 is 5.97 Å². The van der Waals surface area contributed by atoms with E-state index in [1.165, 1.54) is 12.0 Å². The Kier molecular flexibility index (Phi) is 6.50. The highest BCUT2D eigenvalue weighted by Gasteiger charge is 2.40. The van der Waals surface area contributed by atoms with Crippen molar-refractivity contribution in [2.75, 3.05) is 5.32 Å². The highest BCUT2D eigenvalue weighted by Crippen LogP contribution is 2.51. The van der Waals surface area contributed by atoms with Crippen LogP contribution in [0.15, 0.2) is 42.5 Å². The quantitative estimate of drug-likeness (QED) is 0.378. The molecular formula is C29H39N3O2. The van der Waals surface area contributed by atoms with E-state index < -0.39 is 5.97 Å². The number of hydrogen-bond donors (Lipinski definition) is 2. The van der Waals surface area contributed by atoms with E-state index in [1.807, 2.05) is 0 Å². The summed E-state index contributed by atoms with van der Waals surface area (Å²) >= 11 is 0. The molecule has 2 N–H and O–H groups in total. The number of aliphatic carboxylic acids is 1. The van der Waals surface area contributed by atoms with Gasteiger partial charge in [0.25, 0.3) is 0 Å². The maximum Gasteiger partial charge on any atom is 0.303 e. The van der Waals surface area contributed by atoms with Crippen LogP contribution in [0.4, 0.5) is 11.6 Å². The first-order valence-corrected chi connectivity index (χ1v) is 12.5. The highest BCUT2D eigenvalue weighted by atomic mass is 16.4. The molecule has 182 valence electrons. The van der Waals surface area contributed by atoms with Crippen LogP contribution in [0.25, 0.3) is 11.0 Å². The Balaban J connectivity index is 1.76. The van der Waals surface area contributed by atoms with Gasteiger partial charge in [-0.05, 0) is 77.8 Å². The zero-order valence-corrected chi connectivity index (χ0v) is 21.5. The largest absolute Gasteiger partial charge is 0.481 e. The number of nitrogens with zero attached hydrogens (tertiary/aromatic N) is 2. The van der Waals surface area contributed by atoms with Gasteiger partial charge in [0.15, 0.2) is 0 Å². The fourth-order valence-electron chi connectivity index (χ4n) is 6.06. The fraction of sp³-hybridized carbons (Fsp3) is 0.517. The zero-order valence-electron chi connectivity index (χ0n) is 21.5. The third kappa shape index (κ3) is 5.45. The molecule has 1 aromatic heterocycles. The number of anilines is 2. The van der Waals surface area contributed by atoms with E-state index in [0.717, 1.165) is 41.1 Å². The summed E-state index contributed by atoms with van der Waals surface area (Å²) in [5.74, 6) is 0.584. The second-order valence-electron chi connectivity index (χ2n) is 12.0. The van der Waals surface area contributed by atoms with Crippen molar-refractivity contribution < 1.29 is 9.90 Å². The number of aromatic nitrogens is 2. The number of rotatable bonds is 7. The van der Waals surface area contributed by atoms with Gasteiger partial charge in [0.05, 0.1) is 11.0 Å². The number of imidazole rings is 1. The van der Waals surface area contributed by atoms with Gasteiger partial charge in [-0.25, -0.2) is 4.98 Å². The zero-order chi connectivity index (χ0) is 24.7. The molecular weight excluding hydrogens is 422 g/mol. The molecule has 0 saturated heterocycles. The summed E-state index contributed by atoms with van der Waals surface area (Å²) < 4.78 is 2.40. The van der Waals surface area contributed by atoms with Crippen LogP contribution in [0.1, 0.15) is 90.3 Å².